The van der Waals surface area contributed by atoms with Crippen LogP contribution in [0.4, 0.5) is 0 Å². The molecule has 4 N–H and O–H groups in total. The van der Waals surface area contributed by atoms with Crippen LogP contribution < -0.4 is 15.8 Å². The van der Waals surface area contributed by atoms with Crippen molar-refractivity contribution in [2.24, 2.45) is 10.7 Å². The third-order valence-corrected chi connectivity index (χ3v) is 2.69. The zero-order valence-electron chi connectivity index (χ0n) is 11.5. The number of halogens is 1. The van der Waals surface area contributed by atoms with Crippen molar-refractivity contribution < 1.29 is 13.2 Å². The molecule has 0 radical (unpaired) electrons. The molecule has 0 aliphatic carbocycles. The summed E-state index contributed by atoms with van der Waals surface area (Å²) in [5.41, 5.74) is 5.62. The highest BCUT2D eigenvalue weighted by atomic mass is 127. The topological polar surface area (TPSA) is 106 Å². The molecule has 0 aromatic carbocycles. The lowest BCUT2D eigenvalue weighted by atomic mass is 10.4. The Balaban J connectivity index is 0. The predicted molar refractivity (Wildman–Crippen MR) is 88.5 cm³/mol. The number of guanidine groups is 1. The molecule has 0 aromatic rings. The lowest BCUT2D eigenvalue weighted by molar-refractivity contribution is 0.146. The fourth-order valence-corrected chi connectivity index (χ4v) is 1.64. The second-order valence-electron chi connectivity index (χ2n) is 3.76. The van der Waals surface area contributed by atoms with Crippen LogP contribution in [0.1, 0.15) is 19.8 Å². The number of hydrogen-bond acceptors (Lipinski definition) is 4. The van der Waals surface area contributed by atoms with Crippen molar-refractivity contribution in [3.8, 4) is 0 Å². The number of sulfonamides is 1. The molecule has 0 aromatic heterocycles. The van der Waals surface area contributed by atoms with Crippen LogP contribution in [0.5, 0.6) is 0 Å². The van der Waals surface area contributed by atoms with Gasteiger partial charge in [-0.15, -0.1) is 24.0 Å². The Labute approximate surface area is 132 Å². The van der Waals surface area contributed by atoms with Crippen LogP contribution in [0.2, 0.25) is 0 Å². The van der Waals surface area contributed by atoms with Gasteiger partial charge in [-0.25, -0.2) is 13.1 Å². The summed E-state index contributed by atoms with van der Waals surface area (Å²) in [4.78, 5) is 4.11. The van der Waals surface area contributed by atoms with Crippen LogP contribution >= 0.6 is 24.0 Å². The SMILES string of the molecule is CCOCCCN=C(N)NCCCNS(C)(=O)=O.I. The predicted octanol–water partition coefficient (Wildman–Crippen LogP) is -0.125. The highest BCUT2D eigenvalue weighted by Crippen LogP contribution is 1.84. The number of rotatable bonds is 10. The minimum atomic E-state index is -3.10. The summed E-state index contributed by atoms with van der Waals surface area (Å²) < 4.78 is 29.1. The molecule has 0 aliphatic heterocycles. The molecule has 0 amide bonds. The number of nitrogens with one attached hydrogen (secondary N) is 2. The van der Waals surface area contributed by atoms with E-state index in [1.54, 1.807) is 0 Å². The molecule has 19 heavy (non-hydrogen) atoms. The molecule has 7 nitrogen and oxygen atoms in total. The van der Waals surface area contributed by atoms with E-state index in [4.69, 9.17) is 10.5 Å². The van der Waals surface area contributed by atoms with Gasteiger partial charge in [0.05, 0.1) is 6.26 Å². The molecule has 116 valence electrons. The zero-order chi connectivity index (χ0) is 13.9. The van der Waals surface area contributed by atoms with Gasteiger partial charge < -0.3 is 15.8 Å². The van der Waals surface area contributed by atoms with Gasteiger partial charge in [0.15, 0.2) is 5.96 Å². The van der Waals surface area contributed by atoms with Gasteiger partial charge in [0, 0.05) is 32.8 Å². The van der Waals surface area contributed by atoms with E-state index < -0.39 is 10.0 Å². The first-order chi connectivity index (χ1) is 8.45. The van der Waals surface area contributed by atoms with E-state index in [0.29, 0.717) is 45.2 Å². The molecule has 9 heteroatoms. The summed E-state index contributed by atoms with van der Waals surface area (Å²) in [7, 11) is -3.10. The van der Waals surface area contributed by atoms with E-state index in [2.05, 4.69) is 15.0 Å². The van der Waals surface area contributed by atoms with Crippen molar-refractivity contribution in [2.75, 3.05) is 39.1 Å². The first-order valence-electron chi connectivity index (χ1n) is 6.02. The second-order valence-corrected chi connectivity index (χ2v) is 5.60. The Morgan fingerprint density at radius 2 is 2.00 bits per heavy atom. The highest BCUT2D eigenvalue weighted by Gasteiger charge is 1.98. The van der Waals surface area contributed by atoms with Crippen molar-refractivity contribution in [1.29, 1.82) is 0 Å². The number of nitrogens with two attached hydrogens (primary N) is 1. The fraction of sp³-hybridized carbons (Fsp3) is 0.900. The first kappa shape index (κ1) is 21.2. The van der Waals surface area contributed by atoms with Crippen LogP contribution in [0, 0.1) is 0 Å². The molecule has 0 bridgehead atoms. The van der Waals surface area contributed by atoms with Crippen LogP contribution in [0.15, 0.2) is 4.99 Å². The molecule has 0 atom stereocenters. The Morgan fingerprint density at radius 3 is 2.58 bits per heavy atom. The van der Waals surface area contributed by atoms with E-state index in [0.717, 1.165) is 12.7 Å². The minimum Gasteiger partial charge on any atom is -0.382 e. The third kappa shape index (κ3) is 17.9. The quantitative estimate of drug-likeness (QED) is 0.202. The third-order valence-electron chi connectivity index (χ3n) is 1.96. The lowest BCUT2D eigenvalue weighted by Gasteiger charge is -2.06. The molecular formula is C10H25IN4O3S. The molecule has 0 fully saturated rings. The zero-order valence-corrected chi connectivity index (χ0v) is 14.7. The van der Waals surface area contributed by atoms with Crippen LogP contribution in [-0.4, -0.2) is 53.5 Å². The Morgan fingerprint density at radius 1 is 1.32 bits per heavy atom. The van der Waals surface area contributed by atoms with E-state index >= 15 is 0 Å². The number of hydrogen-bond donors (Lipinski definition) is 3. The van der Waals surface area contributed by atoms with Gasteiger partial charge in [0.25, 0.3) is 0 Å². The van der Waals surface area contributed by atoms with Gasteiger partial charge in [-0.1, -0.05) is 0 Å². The number of ether oxygens (including phenoxy) is 1. The summed E-state index contributed by atoms with van der Waals surface area (Å²) in [6.45, 7) is 4.95. The summed E-state index contributed by atoms with van der Waals surface area (Å²) in [5, 5.41) is 2.91. The average molecular weight is 408 g/mol. The van der Waals surface area contributed by atoms with Crippen molar-refractivity contribution in [2.45, 2.75) is 19.8 Å². The summed E-state index contributed by atoms with van der Waals surface area (Å²) >= 11 is 0. The van der Waals surface area contributed by atoms with Gasteiger partial charge in [-0.05, 0) is 19.8 Å². The largest absolute Gasteiger partial charge is 0.382 e. The maximum absolute atomic E-state index is 10.8. The van der Waals surface area contributed by atoms with E-state index in [1.165, 1.54) is 0 Å². The van der Waals surface area contributed by atoms with E-state index in [-0.39, 0.29) is 24.0 Å². The van der Waals surface area contributed by atoms with E-state index in [9.17, 15) is 8.42 Å². The maximum Gasteiger partial charge on any atom is 0.208 e. The molecule has 0 rings (SSSR count). The Kier molecular flexibility index (Phi) is 14.4. The minimum absolute atomic E-state index is 0. The average Bonchev–Trinajstić information content (AvgIpc) is 2.27. The second kappa shape index (κ2) is 12.9. The van der Waals surface area contributed by atoms with Crippen LogP contribution in [0.3, 0.4) is 0 Å². The summed E-state index contributed by atoms with van der Waals surface area (Å²) in [6, 6.07) is 0. The maximum atomic E-state index is 10.8. The lowest BCUT2D eigenvalue weighted by Crippen LogP contribution is -2.34. The van der Waals surface area contributed by atoms with Crippen molar-refractivity contribution in [3.05, 3.63) is 0 Å². The van der Waals surface area contributed by atoms with Crippen LogP contribution in [-0.2, 0) is 14.8 Å². The van der Waals surface area contributed by atoms with Gasteiger partial charge in [-0.2, -0.15) is 0 Å². The molecule has 0 aliphatic rings. The molecule has 0 spiro atoms. The fourth-order valence-electron chi connectivity index (χ4n) is 1.13. The van der Waals surface area contributed by atoms with E-state index in [1.807, 2.05) is 6.92 Å². The standard InChI is InChI=1S/C10H24N4O3S.HI/c1-3-17-9-5-7-13-10(11)12-6-4-8-14-18(2,15)16;/h14H,3-9H2,1-2H3,(H3,11,12,13);1H. The van der Waals surface area contributed by atoms with Crippen molar-refractivity contribution in [3.63, 3.8) is 0 Å². The normalized spacial score (nSPS) is 12.0. The monoisotopic (exact) mass is 408 g/mol. The van der Waals surface area contributed by atoms with Crippen molar-refractivity contribution >= 4 is 40.0 Å². The number of aliphatic imine (C=N–C) groups is 1. The smallest absolute Gasteiger partial charge is 0.208 e. The van der Waals surface area contributed by atoms with Gasteiger partial charge >= 0.3 is 0 Å². The molecule has 0 unspecified atom stereocenters. The van der Waals surface area contributed by atoms with Crippen molar-refractivity contribution in [1.82, 2.24) is 10.0 Å². The summed E-state index contributed by atoms with van der Waals surface area (Å²) in [5.74, 6) is 0.380. The molecule has 0 heterocycles. The number of nitrogens with zero attached hydrogens (tertiary/aromatic N) is 1. The highest BCUT2D eigenvalue weighted by molar-refractivity contribution is 14.0. The van der Waals surface area contributed by atoms with Gasteiger partial charge in [0.2, 0.25) is 10.0 Å². The van der Waals surface area contributed by atoms with Gasteiger partial charge in [-0.3, -0.25) is 4.99 Å². The Bertz CT molecular complexity index is 336. The summed E-state index contributed by atoms with van der Waals surface area (Å²) in [6.07, 6.45) is 2.63. The van der Waals surface area contributed by atoms with Gasteiger partial charge in [0.1, 0.15) is 0 Å². The molecular weight excluding hydrogens is 383 g/mol. The Hall–Kier alpha value is -0.130. The first-order valence-corrected chi connectivity index (χ1v) is 7.91. The molecule has 0 saturated heterocycles. The van der Waals surface area contributed by atoms with Crippen LogP contribution in [0.25, 0.3) is 0 Å². The molecule has 0 saturated carbocycles.